The highest BCUT2D eigenvalue weighted by Crippen LogP contribution is 2.40. The molecule has 0 aromatic carbocycles. The van der Waals surface area contributed by atoms with Gasteiger partial charge in [0, 0.05) is 45.0 Å². The minimum Gasteiger partial charge on any atom is -0.383 e. The zero-order valence-corrected chi connectivity index (χ0v) is 16.4. The molecule has 0 bridgehead atoms. The van der Waals surface area contributed by atoms with Crippen LogP contribution in [0.4, 0.5) is 0 Å². The van der Waals surface area contributed by atoms with Crippen LogP contribution >= 0.6 is 0 Å². The van der Waals surface area contributed by atoms with E-state index >= 15 is 0 Å². The lowest BCUT2D eigenvalue weighted by Crippen LogP contribution is -2.53. The number of aromatic nitrogens is 1. The highest BCUT2D eigenvalue weighted by atomic mass is 16.3. The van der Waals surface area contributed by atoms with Crippen molar-refractivity contribution >= 4 is 11.8 Å². The minimum absolute atomic E-state index is 0.0979. The van der Waals surface area contributed by atoms with Crippen LogP contribution in [0.2, 0.25) is 0 Å². The van der Waals surface area contributed by atoms with Crippen LogP contribution in [0.3, 0.4) is 0 Å². The predicted molar refractivity (Wildman–Crippen MR) is 103 cm³/mol. The molecule has 1 atom stereocenters. The fourth-order valence-corrected chi connectivity index (χ4v) is 4.32. The van der Waals surface area contributed by atoms with Crippen LogP contribution in [0.25, 0.3) is 0 Å². The molecule has 0 radical (unpaired) electrons. The summed E-state index contributed by atoms with van der Waals surface area (Å²) in [5.74, 6) is 0.369. The van der Waals surface area contributed by atoms with Crippen molar-refractivity contribution in [3.8, 4) is 0 Å². The zero-order chi connectivity index (χ0) is 19.4. The lowest BCUT2D eigenvalue weighted by Gasteiger charge is -2.47. The van der Waals surface area contributed by atoms with Crippen LogP contribution in [0.1, 0.15) is 51.5 Å². The fourth-order valence-electron chi connectivity index (χ4n) is 4.32. The van der Waals surface area contributed by atoms with Gasteiger partial charge in [-0.15, -0.1) is 0 Å². The van der Waals surface area contributed by atoms with E-state index < -0.39 is 6.10 Å². The molecule has 6 nitrogen and oxygen atoms in total. The standard InChI is InChI=1S/C21H31N3O3/c1-16(2)13-18(25)20(27)23-11-7-21(8-12-23)6-3-19(26)24(15-21)14-17-4-9-22-10-5-17/h4-5,9-10,16,18,25H,3,6-8,11-15H2,1-2H3. The van der Waals surface area contributed by atoms with Crippen molar-refractivity contribution in [2.45, 2.75) is 58.6 Å². The number of piperidine rings is 2. The summed E-state index contributed by atoms with van der Waals surface area (Å²) in [4.78, 5) is 32.7. The van der Waals surface area contributed by atoms with Gasteiger partial charge in [0.05, 0.1) is 0 Å². The van der Waals surface area contributed by atoms with Crippen molar-refractivity contribution in [1.29, 1.82) is 0 Å². The third kappa shape index (κ3) is 4.86. The second-order valence-corrected chi connectivity index (χ2v) is 8.58. The van der Waals surface area contributed by atoms with E-state index in [0.717, 1.165) is 31.4 Å². The van der Waals surface area contributed by atoms with E-state index in [1.54, 1.807) is 12.4 Å². The molecule has 2 aliphatic rings. The number of likely N-dealkylation sites (tertiary alicyclic amines) is 2. The first-order valence-electron chi connectivity index (χ1n) is 10.0. The van der Waals surface area contributed by atoms with E-state index in [4.69, 9.17) is 0 Å². The first-order valence-corrected chi connectivity index (χ1v) is 10.0. The second kappa shape index (κ2) is 8.38. The Morgan fingerprint density at radius 1 is 1.22 bits per heavy atom. The Bertz CT molecular complexity index is 654. The lowest BCUT2D eigenvalue weighted by atomic mass is 9.72. The Labute approximate surface area is 161 Å². The number of hydrogen-bond donors (Lipinski definition) is 1. The van der Waals surface area contributed by atoms with Gasteiger partial charge in [-0.2, -0.15) is 0 Å². The summed E-state index contributed by atoms with van der Waals surface area (Å²) >= 11 is 0. The molecular weight excluding hydrogens is 342 g/mol. The first-order chi connectivity index (χ1) is 12.9. The van der Waals surface area contributed by atoms with E-state index in [9.17, 15) is 14.7 Å². The van der Waals surface area contributed by atoms with Gasteiger partial charge >= 0.3 is 0 Å². The second-order valence-electron chi connectivity index (χ2n) is 8.58. The summed E-state index contributed by atoms with van der Waals surface area (Å²) in [7, 11) is 0. The van der Waals surface area contributed by atoms with Crippen molar-refractivity contribution in [2.75, 3.05) is 19.6 Å². The van der Waals surface area contributed by atoms with Gasteiger partial charge in [-0.05, 0) is 54.7 Å². The Morgan fingerprint density at radius 2 is 1.89 bits per heavy atom. The topological polar surface area (TPSA) is 73.7 Å². The van der Waals surface area contributed by atoms with Crippen molar-refractivity contribution in [1.82, 2.24) is 14.8 Å². The van der Waals surface area contributed by atoms with E-state index in [2.05, 4.69) is 4.98 Å². The van der Waals surface area contributed by atoms with Gasteiger partial charge < -0.3 is 14.9 Å². The Kier molecular flexibility index (Phi) is 6.15. The average Bonchev–Trinajstić information content (AvgIpc) is 2.65. The van der Waals surface area contributed by atoms with Gasteiger partial charge in [-0.1, -0.05) is 13.8 Å². The van der Waals surface area contributed by atoms with E-state index in [0.29, 0.717) is 38.4 Å². The van der Waals surface area contributed by atoms with Crippen molar-refractivity contribution < 1.29 is 14.7 Å². The smallest absolute Gasteiger partial charge is 0.251 e. The third-order valence-electron chi connectivity index (χ3n) is 5.99. The van der Waals surface area contributed by atoms with Crippen LogP contribution in [0.5, 0.6) is 0 Å². The number of carbonyl (C=O) groups is 2. The summed E-state index contributed by atoms with van der Waals surface area (Å²) in [5, 5.41) is 10.1. The molecule has 1 spiro atoms. The first kappa shape index (κ1) is 19.8. The fraction of sp³-hybridized carbons (Fsp3) is 0.667. The molecule has 6 heteroatoms. The molecule has 0 aliphatic carbocycles. The average molecular weight is 373 g/mol. The molecule has 148 valence electrons. The van der Waals surface area contributed by atoms with Gasteiger partial charge in [-0.25, -0.2) is 0 Å². The predicted octanol–water partition coefficient (Wildman–Crippen LogP) is 2.22. The Balaban J connectivity index is 1.58. The van der Waals surface area contributed by atoms with Gasteiger partial charge in [0.15, 0.2) is 0 Å². The maximum absolute atomic E-state index is 12.5. The largest absolute Gasteiger partial charge is 0.383 e. The van der Waals surface area contributed by atoms with Gasteiger partial charge in [0.2, 0.25) is 5.91 Å². The Morgan fingerprint density at radius 3 is 2.52 bits per heavy atom. The number of aliphatic hydroxyl groups is 1. The van der Waals surface area contributed by atoms with Crippen molar-refractivity contribution in [2.24, 2.45) is 11.3 Å². The summed E-state index contributed by atoms with van der Waals surface area (Å²) in [6.45, 7) is 6.75. The number of amides is 2. The summed E-state index contributed by atoms with van der Waals surface area (Å²) in [6, 6.07) is 3.90. The van der Waals surface area contributed by atoms with Crippen molar-refractivity contribution in [3.05, 3.63) is 30.1 Å². The number of nitrogens with zero attached hydrogens (tertiary/aromatic N) is 3. The quantitative estimate of drug-likeness (QED) is 0.859. The maximum Gasteiger partial charge on any atom is 0.251 e. The SMILES string of the molecule is CC(C)CC(O)C(=O)N1CCC2(CCC(=O)N(Cc3ccncc3)C2)CC1. The van der Waals surface area contributed by atoms with Gasteiger partial charge in [0.1, 0.15) is 6.10 Å². The highest BCUT2D eigenvalue weighted by molar-refractivity contribution is 5.81. The molecule has 2 fully saturated rings. The monoisotopic (exact) mass is 373 g/mol. The number of carbonyl (C=O) groups excluding carboxylic acids is 2. The number of aliphatic hydroxyl groups excluding tert-OH is 1. The maximum atomic E-state index is 12.5. The third-order valence-corrected chi connectivity index (χ3v) is 5.99. The number of pyridine rings is 1. The van der Waals surface area contributed by atoms with E-state index in [-0.39, 0.29) is 17.2 Å². The summed E-state index contributed by atoms with van der Waals surface area (Å²) < 4.78 is 0. The van der Waals surface area contributed by atoms with Crippen LogP contribution in [0.15, 0.2) is 24.5 Å². The van der Waals surface area contributed by atoms with Crippen LogP contribution in [0, 0.1) is 11.3 Å². The molecular formula is C21H31N3O3. The van der Waals surface area contributed by atoms with E-state index in [1.807, 2.05) is 35.8 Å². The molecule has 3 rings (SSSR count). The molecule has 2 aliphatic heterocycles. The van der Waals surface area contributed by atoms with Crippen LogP contribution in [-0.2, 0) is 16.1 Å². The van der Waals surface area contributed by atoms with Crippen LogP contribution in [-0.4, -0.2) is 57.4 Å². The molecule has 1 aromatic rings. The normalized spacial score (nSPS) is 21.0. The number of rotatable bonds is 5. The Hall–Kier alpha value is -1.95. The van der Waals surface area contributed by atoms with Gasteiger partial charge in [-0.3, -0.25) is 14.6 Å². The number of hydrogen-bond acceptors (Lipinski definition) is 4. The molecule has 1 N–H and O–H groups in total. The molecule has 1 aromatic heterocycles. The highest BCUT2D eigenvalue weighted by Gasteiger charge is 2.42. The summed E-state index contributed by atoms with van der Waals surface area (Å²) in [5.41, 5.74) is 1.19. The molecule has 3 heterocycles. The van der Waals surface area contributed by atoms with Gasteiger partial charge in [0.25, 0.3) is 5.91 Å². The van der Waals surface area contributed by atoms with Crippen LogP contribution < -0.4 is 0 Å². The molecule has 0 saturated carbocycles. The summed E-state index contributed by atoms with van der Waals surface area (Å²) in [6.07, 6.45) is 6.40. The lowest BCUT2D eigenvalue weighted by molar-refractivity contribution is -0.147. The molecule has 27 heavy (non-hydrogen) atoms. The molecule has 2 amide bonds. The molecule has 2 saturated heterocycles. The van der Waals surface area contributed by atoms with E-state index in [1.165, 1.54) is 0 Å². The van der Waals surface area contributed by atoms with Crippen molar-refractivity contribution in [3.63, 3.8) is 0 Å². The minimum atomic E-state index is -0.893. The zero-order valence-electron chi connectivity index (χ0n) is 16.4. The molecule has 1 unspecified atom stereocenters.